The average molecular weight is 253 g/mol. The number of aryl methyl sites for hydroxylation is 1. The molecule has 1 aromatic heterocycles. The molecule has 0 aliphatic heterocycles. The first-order valence-electron chi connectivity index (χ1n) is 6.50. The van der Waals surface area contributed by atoms with E-state index in [-0.39, 0.29) is 0 Å². The Morgan fingerprint density at radius 2 is 2.06 bits per heavy atom. The summed E-state index contributed by atoms with van der Waals surface area (Å²) in [7, 11) is 1.69. The van der Waals surface area contributed by atoms with Gasteiger partial charge in [-0.15, -0.1) is 0 Å². The molecule has 4 nitrogen and oxygen atoms in total. The number of nitrogen functional groups attached to an aromatic ring is 1. The number of hydrogen-bond donors (Lipinski definition) is 2. The van der Waals surface area contributed by atoms with Crippen LogP contribution in [0.3, 0.4) is 0 Å². The lowest BCUT2D eigenvalue weighted by Gasteiger charge is -2.06. The number of hydrogen-bond acceptors (Lipinski definition) is 3. The van der Waals surface area contributed by atoms with E-state index in [0.717, 1.165) is 35.6 Å². The fourth-order valence-electron chi connectivity index (χ4n) is 1.68. The molecule has 0 spiro atoms. The van der Waals surface area contributed by atoms with Gasteiger partial charge in [0.1, 0.15) is 0 Å². The van der Waals surface area contributed by atoms with E-state index in [1.807, 2.05) is 26.8 Å². The Morgan fingerprint density at radius 3 is 2.50 bits per heavy atom. The maximum atomic E-state index is 6.07. The SMILES string of the molecule is CC.CCc1cn(CCOC)c(/C=C(/C)N)c1N. The van der Waals surface area contributed by atoms with Crippen molar-refractivity contribution in [1.82, 2.24) is 4.57 Å². The van der Waals surface area contributed by atoms with Gasteiger partial charge in [-0.25, -0.2) is 0 Å². The molecule has 104 valence electrons. The first-order chi connectivity index (χ1) is 8.60. The lowest BCUT2D eigenvalue weighted by atomic mass is 10.2. The van der Waals surface area contributed by atoms with Crippen LogP contribution in [0.25, 0.3) is 6.08 Å². The van der Waals surface area contributed by atoms with E-state index in [1.54, 1.807) is 7.11 Å². The predicted molar refractivity (Wildman–Crippen MR) is 79.3 cm³/mol. The molecule has 0 saturated heterocycles. The van der Waals surface area contributed by atoms with Crippen LogP contribution in [0.2, 0.25) is 0 Å². The minimum atomic E-state index is 0.668. The zero-order valence-corrected chi connectivity index (χ0v) is 12.3. The van der Waals surface area contributed by atoms with E-state index in [1.165, 1.54) is 0 Å². The Bertz CT molecular complexity index is 377. The lowest BCUT2D eigenvalue weighted by Crippen LogP contribution is -2.06. The largest absolute Gasteiger partial charge is 0.402 e. The first kappa shape index (κ1) is 16.6. The van der Waals surface area contributed by atoms with Crippen LogP contribution < -0.4 is 11.5 Å². The summed E-state index contributed by atoms with van der Waals surface area (Å²) in [5.41, 5.74) is 15.5. The number of aromatic nitrogens is 1. The highest BCUT2D eigenvalue weighted by Crippen LogP contribution is 2.22. The van der Waals surface area contributed by atoms with E-state index in [0.29, 0.717) is 6.61 Å². The zero-order chi connectivity index (χ0) is 14.1. The second-order valence-corrected chi connectivity index (χ2v) is 3.88. The topological polar surface area (TPSA) is 66.2 Å². The molecule has 0 aliphatic carbocycles. The average Bonchev–Trinajstić information content (AvgIpc) is 2.66. The summed E-state index contributed by atoms with van der Waals surface area (Å²) in [6.45, 7) is 9.41. The minimum Gasteiger partial charge on any atom is -0.402 e. The number of allylic oxidation sites excluding steroid dienone is 1. The van der Waals surface area contributed by atoms with Gasteiger partial charge in [-0.2, -0.15) is 0 Å². The highest BCUT2D eigenvalue weighted by Gasteiger charge is 2.09. The van der Waals surface area contributed by atoms with E-state index >= 15 is 0 Å². The van der Waals surface area contributed by atoms with Crippen LogP contribution in [0, 0.1) is 0 Å². The van der Waals surface area contributed by atoms with Gasteiger partial charge in [0, 0.05) is 25.5 Å². The molecule has 0 fully saturated rings. The Balaban J connectivity index is 0.00000137. The molecule has 0 atom stereocenters. The Labute approximate surface area is 111 Å². The smallest absolute Gasteiger partial charge is 0.0661 e. The van der Waals surface area contributed by atoms with Gasteiger partial charge in [0.25, 0.3) is 0 Å². The van der Waals surface area contributed by atoms with Crippen molar-refractivity contribution in [2.24, 2.45) is 5.73 Å². The second kappa shape index (κ2) is 8.64. The van der Waals surface area contributed by atoms with Crippen molar-refractivity contribution >= 4 is 11.8 Å². The van der Waals surface area contributed by atoms with Gasteiger partial charge >= 0.3 is 0 Å². The van der Waals surface area contributed by atoms with Gasteiger partial charge in [0.15, 0.2) is 0 Å². The normalized spacial score (nSPS) is 11.1. The van der Waals surface area contributed by atoms with Crippen LogP contribution in [-0.4, -0.2) is 18.3 Å². The minimum absolute atomic E-state index is 0.668. The summed E-state index contributed by atoms with van der Waals surface area (Å²) in [6, 6.07) is 0. The summed E-state index contributed by atoms with van der Waals surface area (Å²) in [5, 5.41) is 0. The molecule has 1 rings (SSSR count). The van der Waals surface area contributed by atoms with Crippen LogP contribution in [0.4, 0.5) is 5.69 Å². The van der Waals surface area contributed by atoms with Crippen LogP contribution >= 0.6 is 0 Å². The molecule has 18 heavy (non-hydrogen) atoms. The second-order valence-electron chi connectivity index (χ2n) is 3.88. The van der Waals surface area contributed by atoms with Crippen molar-refractivity contribution in [3.8, 4) is 0 Å². The number of anilines is 1. The standard InChI is InChI=1S/C12H21N3O.C2H6/c1-4-10-8-15(5-6-16-3)11(12(10)14)7-9(2)13;1-2/h7-8H,4-6,13-14H2,1-3H3;1-2H3/b9-7-;. The Kier molecular flexibility index (Phi) is 7.96. The van der Waals surface area contributed by atoms with E-state index in [4.69, 9.17) is 16.2 Å². The molecule has 1 heterocycles. The molecule has 4 N–H and O–H groups in total. The molecule has 0 unspecified atom stereocenters. The third kappa shape index (κ3) is 4.45. The predicted octanol–water partition coefficient (Wildman–Crippen LogP) is 2.62. The molecular formula is C14H27N3O. The number of nitrogens with zero attached hydrogens (tertiary/aromatic N) is 1. The highest BCUT2D eigenvalue weighted by atomic mass is 16.5. The number of rotatable bonds is 5. The van der Waals surface area contributed by atoms with E-state index in [2.05, 4.69) is 17.7 Å². The fraction of sp³-hybridized carbons (Fsp3) is 0.571. The van der Waals surface area contributed by atoms with Gasteiger partial charge in [-0.3, -0.25) is 0 Å². The van der Waals surface area contributed by atoms with Gasteiger partial charge in [0.2, 0.25) is 0 Å². The highest BCUT2D eigenvalue weighted by molar-refractivity contribution is 5.67. The van der Waals surface area contributed by atoms with E-state index in [9.17, 15) is 0 Å². The van der Waals surface area contributed by atoms with Crippen molar-refractivity contribution in [3.05, 3.63) is 23.2 Å². The Hall–Kier alpha value is -1.42. The van der Waals surface area contributed by atoms with Crippen molar-refractivity contribution in [1.29, 1.82) is 0 Å². The molecule has 1 aromatic rings. The first-order valence-corrected chi connectivity index (χ1v) is 6.50. The summed E-state index contributed by atoms with van der Waals surface area (Å²) in [6.07, 6.45) is 4.91. The van der Waals surface area contributed by atoms with Crippen molar-refractivity contribution in [2.45, 2.75) is 40.7 Å². The number of nitrogens with two attached hydrogens (primary N) is 2. The summed E-state index contributed by atoms with van der Waals surface area (Å²) in [5.74, 6) is 0. The molecule has 0 radical (unpaired) electrons. The maximum absolute atomic E-state index is 6.07. The third-order valence-corrected chi connectivity index (χ3v) is 2.52. The van der Waals surface area contributed by atoms with Gasteiger partial charge < -0.3 is 20.8 Å². The lowest BCUT2D eigenvalue weighted by molar-refractivity contribution is 0.187. The molecule has 0 aromatic carbocycles. The van der Waals surface area contributed by atoms with E-state index < -0.39 is 0 Å². The summed E-state index contributed by atoms with van der Waals surface area (Å²) < 4.78 is 7.17. The van der Waals surface area contributed by atoms with Crippen molar-refractivity contribution in [2.75, 3.05) is 19.5 Å². The molecular weight excluding hydrogens is 226 g/mol. The zero-order valence-electron chi connectivity index (χ0n) is 12.3. The van der Waals surface area contributed by atoms with Crippen LogP contribution in [0.5, 0.6) is 0 Å². The quantitative estimate of drug-likeness (QED) is 0.847. The number of ether oxygens (including phenoxy) is 1. The van der Waals surface area contributed by atoms with Crippen LogP contribution in [-0.2, 0) is 17.7 Å². The molecule has 0 bridgehead atoms. The third-order valence-electron chi connectivity index (χ3n) is 2.52. The maximum Gasteiger partial charge on any atom is 0.0661 e. The van der Waals surface area contributed by atoms with Crippen LogP contribution in [0.1, 0.15) is 39.0 Å². The van der Waals surface area contributed by atoms with Gasteiger partial charge in [-0.05, 0) is 25.0 Å². The molecule has 0 amide bonds. The number of methoxy groups -OCH3 is 1. The molecule has 0 saturated carbocycles. The molecule has 4 heteroatoms. The summed E-state index contributed by atoms with van der Waals surface area (Å²) >= 11 is 0. The van der Waals surface area contributed by atoms with Gasteiger partial charge in [-0.1, -0.05) is 20.8 Å². The Morgan fingerprint density at radius 1 is 1.44 bits per heavy atom. The fourth-order valence-corrected chi connectivity index (χ4v) is 1.68. The van der Waals surface area contributed by atoms with Crippen molar-refractivity contribution in [3.63, 3.8) is 0 Å². The van der Waals surface area contributed by atoms with Gasteiger partial charge in [0.05, 0.1) is 18.0 Å². The van der Waals surface area contributed by atoms with Crippen LogP contribution in [0.15, 0.2) is 11.9 Å². The van der Waals surface area contributed by atoms with Crippen molar-refractivity contribution < 1.29 is 4.74 Å². The molecule has 0 aliphatic rings. The summed E-state index contributed by atoms with van der Waals surface area (Å²) in [4.78, 5) is 0. The monoisotopic (exact) mass is 253 g/mol.